The van der Waals surface area contributed by atoms with E-state index in [4.69, 9.17) is 32.7 Å². The van der Waals surface area contributed by atoms with E-state index in [1.54, 1.807) is 18.2 Å². The molecule has 0 atom stereocenters. The molecule has 0 saturated carbocycles. The van der Waals surface area contributed by atoms with Gasteiger partial charge in [-0.1, -0.05) is 53.5 Å². The van der Waals surface area contributed by atoms with Gasteiger partial charge in [-0.3, -0.25) is 4.79 Å². The Bertz CT molecular complexity index is 1330. The molecule has 29 heavy (non-hydrogen) atoms. The van der Waals surface area contributed by atoms with Crippen LogP contribution < -0.4 is 15.0 Å². The van der Waals surface area contributed by atoms with Crippen LogP contribution in [0.25, 0.3) is 32.5 Å². The van der Waals surface area contributed by atoms with Crippen molar-refractivity contribution in [1.29, 1.82) is 0 Å². The SMILES string of the molecule is O=c1[nH]c(/C(Cl)=C/c2cc(Cl)c3c(c2)OCO3)nc2scc(-c3ccccc3)c12. The summed E-state index contributed by atoms with van der Waals surface area (Å²) in [5, 5.41) is 3.20. The van der Waals surface area contributed by atoms with Gasteiger partial charge in [-0.2, -0.15) is 0 Å². The van der Waals surface area contributed by atoms with E-state index in [1.807, 2.05) is 35.7 Å². The van der Waals surface area contributed by atoms with E-state index in [1.165, 1.54) is 11.3 Å². The second-order valence-electron chi connectivity index (χ2n) is 6.34. The normalized spacial score (nSPS) is 13.2. The fourth-order valence-electron chi connectivity index (χ4n) is 3.18. The van der Waals surface area contributed by atoms with E-state index in [-0.39, 0.29) is 17.4 Å². The minimum absolute atomic E-state index is 0.129. The average molecular weight is 443 g/mol. The van der Waals surface area contributed by atoms with Gasteiger partial charge in [-0.25, -0.2) is 4.98 Å². The summed E-state index contributed by atoms with van der Waals surface area (Å²) in [6.45, 7) is 0.129. The first-order valence-electron chi connectivity index (χ1n) is 8.64. The maximum Gasteiger partial charge on any atom is 0.260 e. The summed E-state index contributed by atoms with van der Waals surface area (Å²) < 4.78 is 10.7. The fourth-order valence-corrected chi connectivity index (χ4v) is 4.61. The Morgan fingerprint density at radius 2 is 2.03 bits per heavy atom. The first-order chi connectivity index (χ1) is 14.1. The van der Waals surface area contributed by atoms with E-state index in [2.05, 4.69) is 9.97 Å². The fraction of sp³-hybridized carbons (Fsp3) is 0.0476. The lowest BCUT2D eigenvalue weighted by atomic mass is 10.1. The minimum atomic E-state index is -0.236. The van der Waals surface area contributed by atoms with Gasteiger partial charge in [-0.15, -0.1) is 11.3 Å². The third kappa shape index (κ3) is 3.29. The number of H-pyrrole nitrogens is 1. The number of hydrogen-bond acceptors (Lipinski definition) is 5. The first-order valence-corrected chi connectivity index (χ1v) is 10.3. The molecule has 0 unspecified atom stereocenters. The monoisotopic (exact) mass is 442 g/mol. The Hall–Kier alpha value is -2.80. The van der Waals surface area contributed by atoms with Gasteiger partial charge in [0.1, 0.15) is 4.83 Å². The summed E-state index contributed by atoms with van der Waals surface area (Å²) in [5.74, 6) is 1.36. The lowest BCUT2D eigenvalue weighted by molar-refractivity contribution is 0.174. The molecule has 2 aromatic heterocycles. The molecular formula is C21H12Cl2N2O3S. The Labute approximate surface area is 179 Å². The number of rotatable bonds is 3. The van der Waals surface area contributed by atoms with Crippen LogP contribution >= 0.6 is 34.5 Å². The van der Waals surface area contributed by atoms with Gasteiger partial charge >= 0.3 is 0 Å². The number of benzene rings is 2. The summed E-state index contributed by atoms with van der Waals surface area (Å²) in [6.07, 6.45) is 1.67. The van der Waals surface area contributed by atoms with Gasteiger partial charge in [0.15, 0.2) is 17.3 Å². The molecular weight excluding hydrogens is 431 g/mol. The molecule has 144 valence electrons. The van der Waals surface area contributed by atoms with Gasteiger partial charge in [-0.05, 0) is 29.3 Å². The maximum absolute atomic E-state index is 12.8. The predicted octanol–water partition coefficient (Wildman–Crippen LogP) is 5.77. The number of ether oxygens (including phenoxy) is 2. The molecule has 1 aliphatic rings. The van der Waals surface area contributed by atoms with Gasteiger partial charge in [0, 0.05) is 10.9 Å². The highest BCUT2D eigenvalue weighted by atomic mass is 35.5. The van der Waals surface area contributed by atoms with E-state index < -0.39 is 0 Å². The largest absolute Gasteiger partial charge is 0.454 e. The highest BCUT2D eigenvalue weighted by molar-refractivity contribution is 7.17. The molecule has 0 fully saturated rings. The zero-order valence-electron chi connectivity index (χ0n) is 14.7. The van der Waals surface area contributed by atoms with E-state index in [0.29, 0.717) is 38.1 Å². The molecule has 0 aliphatic carbocycles. The van der Waals surface area contributed by atoms with Crippen molar-refractivity contribution in [2.75, 3.05) is 6.79 Å². The molecule has 3 heterocycles. The van der Waals surface area contributed by atoms with Gasteiger partial charge in [0.05, 0.1) is 15.4 Å². The van der Waals surface area contributed by atoms with Crippen molar-refractivity contribution in [3.8, 4) is 22.6 Å². The van der Waals surface area contributed by atoms with Crippen LogP contribution in [0.3, 0.4) is 0 Å². The maximum atomic E-state index is 12.8. The molecule has 5 rings (SSSR count). The van der Waals surface area contributed by atoms with Crippen molar-refractivity contribution >= 4 is 55.9 Å². The molecule has 4 aromatic rings. The van der Waals surface area contributed by atoms with Crippen LogP contribution in [0, 0.1) is 0 Å². The molecule has 0 amide bonds. The van der Waals surface area contributed by atoms with Crippen LogP contribution in [0.2, 0.25) is 5.02 Å². The van der Waals surface area contributed by atoms with Gasteiger partial charge < -0.3 is 14.5 Å². The van der Waals surface area contributed by atoms with Crippen molar-refractivity contribution in [1.82, 2.24) is 9.97 Å². The molecule has 0 bridgehead atoms. The number of aromatic nitrogens is 2. The van der Waals surface area contributed by atoms with Crippen LogP contribution in [0.1, 0.15) is 11.4 Å². The molecule has 0 saturated heterocycles. The Kier molecular flexibility index (Phi) is 4.54. The third-order valence-corrected chi connectivity index (χ3v) is 5.94. The van der Waals surface area contributed by atoms with Crippen LogP contribution in [0.15, 0.2) is 52.6 Å². The zero-order chi connectivity index (χ0) is 20.0. The summed E-state index contributed by atoms with van der Waals surface area (Å²) >= 11 is 14.1. The molecule has 0 radical (unpaired) electrons. The van der Waals surface area contributed by atoms with Crippen LogP contribution in [-0.4, -0.2) is 16.8 Å². The smallest absolute Gasteiger partial charge is 0.260 e. The molecule has 2 aromatic carbocycles. The first kappa shape index (κ1) is 18.2. The van der Waals surface area contributed by atoms with Gasteiger partial charge in [0.25, 0.3) is 5.56 Å². The number of halogens is 2. The van der Waals surface area contributed by atoms with E-state index in [0.717, 1.165) is 11.1 Å². The standard InChI is InChI=1S/C21H12Cl2N2O3S/c22-14-6-11(8-16-18(14)28-10-27-16)7-15(23)19-24-20(26)17-13(9-29-21(17)25-19)12-4-2-1-3-5-12/h1-9H,10H2,(H,24,25,26)/b15-7-. The number of aromatic amines is 1. The molecule has 1 aliphatic heterocycles. The number of fused-ring (bicyclic) bond motifs is 2. The van der Waals surface area contributed by atoms with E-state index in [9.17, 15) is 4.79 Å². The molecule has 1 N–H and O–H groups in total. The summed E-state index contributed by atoms with van der Waals surface area (Å²) in [6, 6.07) is 13.2. The Balaban J connectivity index is 1.57. The highest BCUT2D eigenvalue weighted by Gasteiger charge is 2.18. The number of nitrogens with zero attached hydrogens (tertiary/aromatic N) is 1. The predicted molar refractivity (Wildman–Crippen MR) is 117 cm³/mol. The third-order valence-electron chi connectivity index (χ3n) is 4.50. The topological polar surface area (TPSA) is 64.2 Å². The van der Waals surface area contributed by atoms with Crippen molar-refractivity contribution in [2.45, 2.75) is 0 Å². The number of thiophene rings is 1. The van der Waals surface area contributed by atoms with Crippen molar-refractivity contribution in [3.05, 3.63) is 74.6 Å². The second kappa shape index (κ2) is 7.22. The minimum Gasteiger partial charge on any atom is -0.454 e. The van der Waals surface area contributed by atoms with Crippen molar-refractivity contribution in [3.63, 3.8) is 0 Å². The lowest BCUT2D eigenvalue weighted by Gasteiger charge is -2.04. The van der Waals surface area contributed by atoms with Crippen molar-refractivity contribution < 1.29 is 9.47 Å². The Morgan fingerprint density at radius 3 is 2.86 bits per heavy atom. The quantitative estimate of drug-likeness (QED) is 0.437. The van der Waals surface area contributed by atoms with E-state index >= 15 is 0 Å². The van der Waals surface area contributed by atoms with Crippen molar-refractivity contribution in [2.24, 2.45) is 0 Å². The van der Waals surface area contributed by atoms with Crippen LogP contribution in [0.4, 0.5) is 0 Å². The summed E-state index contributed by atoms with van der Waals surface area (Å²) in [5.41, 5.74) is 2.30. The molecule has 8 heteroatoms. The molecule has 5 nitrogen and oxygen atoms in total. The average Bonchev–Trinajstić information content (AvgIpc) is 3.36. The van der Waals surface area contributed by atoms with Gasteiger partial charge in [0.2, 0.25) is 6.79 Å². The van der Waals surface area contributed by atoms with Crippen LogP contribution in [-0.2, 0) is 0 Å². The second-order valence-corrected chi connectivity index (χ2v) is 8.01. The highest BCUT2D eigenvalue weighted by Crippen LogP contribution is 2.40. The summed E-state index contributed by atoms with van der Waals surface area (Å²) in [4.78, 5) is 20.7. The molecule has 0 spiro atoms. The lowest BCUT2D eigenvalue weighted by Crippen LogP contribution is -2.10. The number of hydrogen-bond donors (Lipinski definition) is 1. The van der Waals surface area contributed by atoms with Crippen LogP contribution in [0.5, 0.6) is 11.5 Å². The zero-order valence-corrected chi connectivity index (χ0v) is 17.1. The Morgan fingerprint density at radius 1 is 1.21 bits per heavy atom. The summed E-state index contributed by atoms with van der Waals surface area (Å²) in [7, 11) is 0. The number of nitrogens with one attached hydrogen (secondary N) is 1.